The van der Waals surface area contributed by atoms with E-state index in [4.69, 9.17) is 9.47 Å². The van der Waals surface area contributed by atoms with Crippen molar-refractivity contribution >= 4 is 23.8 Å². The Morgan fingerprint density at radius 2 is 2.10 bits per heavy atom. The summed E-state index contributed by atoms with van der Waals surface area (Å²) in [6.45, 7) is 2.08. The molecule has 0 saturated carbocycles. The molecule has 1 heterocycles. The topological polar surface area (TPSA) is 55.8 Å². The van der Waals surface area contributed by atoms with Gasteiger partial charge >= 0.3 is 5.97 Å². The van der Waals surface area contributed by atoms with E-state index in [1.807, 2.05) is 18.4 Å². The second-order valence-electron chi connectivity index (χ2n) is 4.26. The first kappa shape index (κ1) is 14.9. The summed E-state index contributed by atoms with van der Waals surface area (Å²) < 4.78 is 11.9. The molecule has 2 rings (SSSR count). The molecular weight excluding hydrogens is 278 g/mol. The Kier molecular flexibility index (Phi) is 4.67. The van der Waals surface area contributed by atoms with Gasteiger partial charge in [-0.05, 0) is 18.6 Å². The van der Waals surface area contributed by atoms with Crippen LogP contribution in [0.2, 0.25) is 0 Å². The Morgan fingerprint density at radius 3 is 2.70 bits per heavy atom. The Bertz CT molecular complexity index is 506. The van der Waals surface area contributed by atoms with Crippen LogP contribution in [-0.4, -0.2) is 42.3 Å². The summed E-state index contributed by atoms with van der Waals surface area (Å²) in [5.74, 6) is -0.456. The molecule has 1 aromatic carbocycles. The molecule has 2 atom stereocenters. The van der Waals surface area contributed by atoms with E-state index in [1.165, 1.54) is 19.1 Å². The molecule has 1 aliphatic rings. The molecule has 1 saturated heterocycles. The summed E-state index contributed by atoms with van der Waals surface area (Å²) in [6, 6.07) is 6.90. The highest BCUT2D eigenvalue weighted by atomic mass is 32.2. The second kappa shape index (κ2) is 6.28. The van der Waals surface area contributed by atoms with Gasteiger partial charge in [0, 0.05) is 13.4 Å². The summed E-state index contributed by atoms with van der Waals surface area (Å²) in [4.78, 5) is 23.9. The van der Waals surface area contributed by atoms with Gasteiger partial charge < -0.3 is 9.47 Å². The lowest BCUT2D eigenvalue weighted by molar-refractivity contribution is -0.158. The lowest BCUT2D eigenvalue weighted by Gasteiger charge is -2.45. The maximum Gasteiger partial charge on any atom is 0.338 e. The molecule has 0 radical (unpaired) electrons. The molecule has 0 N–H and O–H groups in total. The number of nitrogens with zero attached hydrogens (tertiary/aromatic N) is 1. The zero-order valence-electron chi connectivity index (χ0n) is 11.7. The van der Waals surface area contributed by atoms with Crippen LogP contribution in [0.15, 0.2) is 24.3 Å². The van der Waals surface area contributed by atoms with Crippen LogP contribution in [-0.2, 0) is 14.3 Å². The number of esters is 1. The molecule has 0 aromatic heterocycles. The van der Waals surface area contributed by atoms with Gasteiger partial charge in [0.05, 0.1) is 12.2 Å². The average molecular weight is 295 g/mol. The Hall–Kier alpha value is -1.53. The van der Waals surface area contributed by atoms with E-state index in [0.29, 0.717) is 12.2 Å². The van der Waals surface area contributed by atoms with Crippen molar-refractivity contribution < 1.29 is 19.1 Å². The van der Waals surface area contributed by atoms with Gasteiger partial charge in [0.2, 0.25) is 0 Å². The Morgan fingerprint density at radius 1 is 1.40 bits per heavy atom. The minimum absolute atomic E-state index is 0.0799. The lowest BCUT2D eigenvalue weighted by atomic mass is 9.90. The van der Waals surface area contributed by atoms with Crippen LogP contribution in [0.25, 0.3) is 0 Å². The number of carbonyl (C=O) groups excluding carboxylic acids is 2. The fourth-order valence-electron chi connectivity index (χ4n) is 2.31. The largest absolute Gasteiger partial charge is 0.462 e. The van der Waals surface area contributed by atoms with Crippen molar-refractivity contribution in [3.8, 4) is 0 Å². The maximum absolute atomic E-state index is 12.0. The van der Waals surface area contributed by atoms with Crippen LogP contribution in [0.5, 0.6) is 0 Å². The van der Waals surface area contributed by atoms with Gasteiger partial charge in [0.1, 0.15) is 6.04 Å². The fraction of sp³-hybridized carbons (Fsp3) is 0.429. The first-order valence-corrected chi connectivity index (χ1v) is 7.49. The predicted octanol–water partition coefficient (Wildman–Crippen LogP) is 2.04. The molecular formula is C14H17NO4S. The molecule has 108 valence electrons. The monoisotopic (exact) mass is 295 g/mol. The van der Waals surface area contributed by atoms with Gasteiger partial charge in [-0.3, -0.25) is 9.10 Å². The lowest BCUT2D eigenvalue weighted by Crippen LogP contribution is -2.56. The minimum Gasteiger partial charge on any atom is -0.462 e. The summed E-state index contributed by atoms with van der Waals surface area (Å²) >= 11 is 1.33. The predicted molar refractivity (Wildman–Crippen MR) is 76.3 cm³/mol. The number of hydrogen-bond donors (Lipinski definition) is 0. The highest BCUT2D eigenvalue weighted by Crippen LogP contribution is 2.42. The number of rotatable bonds is 5. The van der Waals surface area contributed by atoms with Crippen LogP contribution in [0, 0.1) is 0 Å². The van der Waals surface area contributed by atoms with E-state index in [9.17, 15) is 9.59 Å². The highest BCUT2D eigenvalue weighted by molar-refractivity contribution is 7.96. The summed E-state index contributed by atoms with van der Waals surface area (Å²) in [5, 5.41) is 0. The van der Waals surface area contributed by atoms with Crippen LogP contribution in [0.3, 0.4) is 0 Å². The second-order valence-corrected chi connectivity index (χ2v) is 5.01. The van der Waals surface area contributed by atoms with E-state index in [1.54, 1.807) is 23.4 Å². The highest BCUT2D eigenvalue weighted by Gasteiger charge is 2.49. The number of amides is 1. The first-order valence-electron chi connectivity index (χ1n) is 6.31. The van der Waals surface area contributed by atoms with Crippen molar-refractivity contribution in [1.29, 1.82) is 0 Å². The number of benzene rings is 1. The van der Waals surface area contributed by atoms with E-state index in [0.717, 1.165) is 5.56 Å². The minimum atomic E-state index is -0.543. The van der Waals surface area contributed by atoms with Gasteiger partial charge in [0.15, 0.2) is 6.10 Å². The molecule has 0 bridgehead atoms. The molecule has 0 spiro atoms. The van der Waals surface area contributed by atoms with E-state index < -0.39 is 6.10 Å². The number of carbonyl (C=O) groups is 2. The van der Waals surface area contributed by atoms with Gasteiger partial charge in [0.25, 0.3) is 5.91 Å². The molecule has 1 aromatic rings. The van der Waals surface area contributed by atoms with Gasteiger partial charge in [-0.25, -0.2) is 4.79 Å². The Labute approximate surface area is 122 Å². The smallest absolute Gasteiger partial charge is 0.338 e. The zero-order valence-corrected chi connectivity index (χ0v) is 12.5. The SMILES string of the molecule is CCOC(=O)c1ccccc1C1C(OC)C(=O)N1SC. The van der Waals surface area contributed by atoms with Crippen LogP contribution < -0.4 is 0 Å². The van der Waals surface area contributed by atoms with Crippen LogP contribution in [0.4, 0.5) is 0 Å². The van der Waals surface area contributed by atoms with Crippen LogP contribution in [0.1, 0.15) is 28.9 Å². The number of hydrogen-bond acceptors (Lipinski definition) is 5. The van der Waals surface area contributed by atoms with Gasteiger partial charge in [-0.1, -0.05) is 30.1 Å². The van der Waals surface area contributed by atoms with Crippen LogP contribution >= 0.6 is 11.9 Å². The summed E-state index contributed by atoms with van der Waals surface area (Å²) in [5.41, 5.74) is 1.24. The first-order chi connectivity index (χ1) is 9.65. The molecule has 1 fully saturated rings. The standard InChI is InChI=1S/C14H17NO4S/c1-4-19-14(17)10-8-6-5-7-9(10)11-12(18-2)13(16)15(11)20-3/h5-8,11-12H,4H2,1-3H3. The number of methoxy groups -OCH3 is 1. The number of ether oxygens (including phenoxy) is 2. The van der Waals surface area contributed by atoms with Gasteiger partial charge in [-0.2, -0.15) is 0 Å². The van der Waals surface area contributed by atoms with E-state index >= 15 is 0 Å². The van der Waals surface area contributed by atoms with Crippen molar-refractivity contribution in [1.82, 2.24) is 4.31 Å². The average Bonchev–Trinajstić information content (AvgIpc) is 2.46. The normalized spacial score (nSPS) is 21.6. The van der Waals surface area contributed by atoms with E-state index in [2.05, 4.69) is 0 Å². The van der Waals surface area contributed by atoms with Gasteiger partial charge in [-0.15, -0.1) is 0 Å². The quantitative estimate of drug-likeness (QED) is 0.473. The van der Waals surface area contributed by atoms with Crippen molar-refractivity contribution in [3.63, 3.8) is 0 Å². The van der Waals surface area contributed by atoms with Crippen molar-refractivity contribution in [2.75, 3.05) is 20.0 Å². The molecule has 1 amide bonds. The molecule has 20 heavy (non-hydrogen) atoms. The third-order valence-electron chi connectivity index (χ3n) is 3.23. The number of β-lactam (4-membered cyclic amide) rings is 1. The molecule has 1 aliphatic heterocycles. The molecule has 5 nitrogen and oxygen atoms in total. The maximum atomic E-state index is 12.0. The summed E-state index contributed by atoms with van der Waals surface area (Å²) in [6.07, 6.45) is 1.28. The van der Waals surface area contributed by atoms with Crippen molar-refractivity contribution in [3.05, 3.63) is 35.4 Å². The third-order valence-corrected chi connectivity index (χ3v) is 4.03. The molecule has 2 unspecified atom stereocenters. The molecule has 6 heteroatoms. The summed E-state index contributed by atoms with van der Waals surface area (Å²) in [7, 11) is 1.50. The van der Waals surface area contributed by atoms with Crippen molar-refractivity contribution in [2.24, 2.45) is 0 Å². The molecule has 0 aliphatic carbocycles. The third kappa shape index (κ3) is 2.41. The Balaban J connectivity index is 2.37. The zero-order chi connectivity index (χ0) is 14.7. The van der Waals surface area contributed by atoms with Crippen molar-refractivity contribution in [2.45, 2.75) is 19.1 Å². The fourth-order valence-corrected chi connectivity index (χ4v) is 3.05. The van der Waals surface area contributed by atoms with E-state index in [-0.39, 0.29) is 17.9 Å².